The highest BCUT2D eigenvalue weighted by Crippen LogP contribution is 2.26. The van der Waals surface area contributed by atoms with Crippen LogP contribution in [-0.4, -0.2) is 42.3 Å². The topological polar surface area (TPSA) is 73.8 Å². The van der Waals surface area contributed by atoms with Crippen LogP contribution in [0.2, 0.25) is 0 Å². The molecule has 0 saturated carbocycles. The average Bonchev–Trinajstić information content (AvgIpc) is 2.72. The zero-order chi connectivity index (χ0) is 19.9. The molecule has 0 bridgehead atoms. The number of carbonyl (C=O) groups is 1. The van der Waals surface area contributed by atoms with E-state index in [-0.39, 0.29) is 23.6 Å². The quantitative estimate of drug-likeness (QED) is 0.712. The summed E-state index contributed by atoms with van der Waals surface area (Å²) in [5.41, 5.74) is 1.66. The first-order chi connectivity index (χ1) is 13.6. The van der Waals surface area contributed by atoms with Gasteiger partial charge in [-0.2, -0.15) is 0 Å². The Morgan fingerprint density at radius 2 is 1.89 bits per heavy atom. The molecule has 0 aliphatic carbocycles. The highest BCUT2D eigenvalue weighted by molar-refractivity contribution is 5.74. The van der Waals surface area contributed by atoms with Crippen LogP contribution < -0.4 is 15.4 Å². The van der Waals surface area contributed by atoms with Gasteiger partial charge >= 0.3 is 6.03 Å². The molecule has 0 radical (unpaired) electrons. The van der Waals surface area contributed by atoms with Gasteiger partial charge in [0, 0.05) is 19.1 Å². The molecule has 7 heteroatoms. The van der Waals surface area contributed by atoms with E-state index in [9.17, 15) is 14.3 Å². The lowest BCUT2D eigenvalue weighted by Crippen LogP contribution is -2.49. The van der Waals surface area contributed by atoms with E-state index in [4.69, 9.17) is 4.74 Å². The fourth-order valence-corrected chi connectivity index (χ4v) is 3.40. The summed E-state index contributed by atoms with van der Waals surface area (Å²) in [4.78, 5) is 14.7. The molecule has 1 aliphatic rings. The number of urea groups is 1. The zero-order valence-electron chi connectivity index (χ0n) is 16.0. The second-order valence-corrected chi connectivity index (χ2v) is 6.90. The van der Waals surface area contributed by atoms with Crippen LogP contribution in [0.1, 0.15) is 24.0 Å². The summed E-state index contributed by atoms with van der Waals surface area (Å²) in [6.45, 7) is 2.44. The van der Waals surface area contributed by atoms with Crippen molar-refractivity contribution in [1.82, 2.24) is 15.5 Å². The maximum Gasteiger partial charge on any atom is 0.318 e. The van der Waals surface area contributed by atoms with Gasteiger partial charge in [-0.3, -0.25) is 0 Å². The fraction of sp³-hybridized carbons (Fsp3) is 0.381. The highest BCUT2D eigenvalue weighted by atomic mass is 19.1. The van der Waals surface area contributed by atoms with Gasteiger partial charge in [-0.25, -0.2) is 9.18 Å². The number of nitrogens with zero attached hydrogens (tertiary/aromatic N) is 1. The molecule has 28 heavy (non-hydrogen) atoms. The molecule has 1 heterocycles. The van der Waals surface area contributed by atoms with Gasteiger partial charge in [-0.1, -0.05) is 18.2 Å². The first-order valence-electron chi connectivity index (χ1n) is 9.42. The number of nitrogens with one attached hydrogen (secondary N) is 2. The Morgan fingerprint density at radius 1 is 1.21 bits per heavy atom. The average molecular weight is 387 g/mol. The Morgan fingerprint density at radius 3 is 2.54 bits per heavy atom. The smallest absolute Gasteiger partial charge is 0.318 e. The van der Waals surface area contributed by atoms with Crippen molar-refractivity contribution < 1.29 is 19.0 Å². The lowest BCUT2D eigenvalue weighted by molar-refractivity contribution is 0.154. The van der Waals surface area contributed by atoms with Gasteiger partial charge in [0.2, 0.25) is 0 Å². The Kier molecular flexibility index (Phi) is 6.71. The van der Waals surface area contributed by atoms with Crippen LogP contribution in [0.15, 0.2) is 42.5 Å². The number of hydrogen-bond acceptors (Lipinski definition) is 4. The minimum absolute atomic E-state index is 0.0378. The molecule has 1 fully saturated rings. The number of phenols is 1. The van der Waals surface area contributed by atoms with E-state index in [0.717, 1.165) is 37.1 Å². The summed E-state index contributed by atoms with van der Waals surface area (Å²) in [7, 11) is 1.49. The van der Waals surface area contributed by atoms with Crippen molar-refractivity contribution in [3.05, 3.63) is 59.4 Å². The molecule has 1 aliphatic heterocycles. The van der Waals surface area contributed by atoms with Gasteiger partial charge < -0.3 is 25.4 Å². The van der Waals surface area contributed by atoms with Crippen molar-refractivity contribution in [3.8, 4) is 11.5 Å². The number of carbonyl (C=O) groups excluding carboxylic acids is 1. The predicted octanol–water partition coefficient (Wildman–Crippen LogP) is 3.00. The van der Waals surface area contributed by atoms with Crippen LogP contribution >= 0.6 is 0 Å². The van der Waals surface area contributed by atoms with E-state index in [2.05, 4.69) is 10.6 Å². The molecule has 3 N–H and O–H groups in total. The first-order valence-corrected chi connectivity index (χ1v) is 9.42. The number of benzene rings is 2. The second-order valence-electron chi connectivity index (χ2n) is 6.90. The van der Waals surface area contributed by atoms with Gasteiger partial charge in [-0.05, 0) is 61.3 Å². The Balaban J connectivity index is 1.68. The Hall–Kier alpha value is -2.80. The molecule has 1 saturated heterocycles. The van der Waals surface area contributed by atoms with Gasteiger partial charge in [-0.15, -0.1) is 0 Å². The number of amides is 2. The molecule has 2 amide bonds. The van der Waals surface area contributed by atoms with Crippen molar-refractivity contribution in [1.29, 1.82) is 0 Å². The summed E-state index contributed by atoms with van der Waals surface area (Å²) in [5, 5.41) is 16.1. The number of phenolic OH excluding ortho intramolecular Hbond substituents is 1. The number of piperidine rings is 1. The molecule has 0 spiro atoms. The summed E-state index contributed by atoms with van der Waals surface area (Å²) < 4.78 is 18.2. The number of ether oxygens (including phenoxy) is 1. The maximum absolute atomic E-state index is 13.2. The van der Waals surface area contributed by atoms with E-state index >= 15 is 0 Å². The number of methoxy groups -OCH3 is 1. The van der Waals surface area contributed by atoms with E-state index in [1.807, 2.05) is 4.90 Å². The monoisotopic (exact) mass is 387 g/mol. The SMILES string of the molecule is COc1ccc(CNC(=O)N(Cc2ccc(F)cc2)C2CCNCC2)cc1O. The van der Waals surface area contributed by atoms with Crippen molar-refractivity contribution in [2.45, 2.75) is 32.0 Å². The van der Waals surface area contributed by atoms with Gasteiger partial charge in [0.1, 0.15) is 5.82 Å². The molecule has 0 aromatic heterocycles. The number of aromatic hydroxyl groups is 1. The van der Waals surface area contributed by atoms with Crippen molar-refractivity contribution in [3.63, 3.8) is 0 Å². The molecule has 0 unspecified atom stereocenters. The lowest BCUT2D eigenvalue weighted by Gasteiger charge is -2.35. The number of hydrogen-bond donors (Lipinski definition) is 3. The molecule has 6 nitrogen and oxygen atoms in total. The molecule has 0 atom stereocenters. The van der Waals surface area contributed by atoms with E-state index in [1.54, 1.807) is 30.3 Å². The van der Waals surface area contributed by atoms with E-state index in [0.29, 0.717) is 18.8 Å². The summed E-state index contributed by atoms with van der Waals surface area (Å²) in [6.07, 6.45) is 1.75. The van der Waals surface area contributed by atoms with Crippen molar-refractivity contribution in [2.75, 3.05) is 20.2 Å². The third-order valence-corrected chi connectivity index (χ3v) is 4.96. The van der Waals surface area contributed by atoms with Crippen LogP contribution in [0, 0.1) is 5.82 Å². The molecular weight excluding hydrogens is 361 g/mol. The second kappa shape index (κ2) is 9.41. The lowest BCUT2D eigenvalue weighted by atomic mass is 10.0. The minimum atomic E-state index is -0.291. The third kappa shape index (κ3) is 5.13. The Labute approximate surface area is 164 Å². The molecular formula is C21H26FN3O3. The normalized spacial score (nSPS) is 14.5. The van der Waals surface area contributed by atoms with Crippen molar-refractivity contribution >= 4 is 6.03 Å². The Bertz CT molecular complexity index is 792. The zero-order valence-corrected chi connectivity index (χ0v) is 16.0. The van der Waals surface area contributed by atoms with Gasteiger partial charge in [0.05, 0.1) is 7.11 Å². The maximum atomic E-state index is 13.2. The fourth-order valence-electron chi connectivity index (χ4n) is 3.40. The molecule has 2 aromatic rings. The number of halogens is 1. The van der Waals surface area contributed by atoms with Crippen LogP contribution in [0.5, 0.6) is 11.5 Å². The van der Waals surface area contributed by atoms with E-state index in [1.165, 1.54) is 19.2 Å². The molecule has 3 rings (SSSR count). The largest absolute Gasteiger partial charge is 0.504 e. The summed E-state index contributed by atoms with van der Waals surface area (Å²) >= 11 is 0. The van der Waals surface area contributed by atoms with Crippen LogP contribution in [0.25, 0.3) is 0 Å². The predicted molar refractivity (Wildman–Crippen MR) is 105 cm³/mol. The first kappa shape index (κ1) is 19.9. The highest BCUT2D eigenvalue weighted by Gasteiger charge is 2.25. The van der Waals surface area contributed by atoms with E-state index < -0.39 is 0 Å². The van der Waals surface area contributed by atoms with Gasteiger partial charge in [0.15, 0.2) is 11.5 Å². The molecule has 150 valence electrons. The molecule has 2 aromatic carbocycles. The van der Waals surface area contributed by atoms with Gasteiger partial charge in [0.25, 0.3) is 0 Å². The third-order valence-electron chi connectivity index (χ3n) is 4.96. The standard InChI is InChI=1S/C21H26FN3O3/c1-28-20-7-4-16(12-19(20)26)13-24-21(27)25(18-8-10-23-11-9-18)14-15-2-5-17(22)6-3-15/h2-7,12,18,23,26H,8-11,13-14H2,1H3,(H,24,27). The summed E-state index contributed by atoms with van der Waals surface area (Å²) in [6, 6.07) is 11.2. The minimum Gasteiger partial charge on any atom is -0.504 e. The van der Waals surface area contributed by atoms with Crippen molar-refractivity contribution in [2.24, 2.45) is 0 Å². The summed E-state index contributed by atoms with van der Waals surface area (Å²) in [5.74, 6) is 0.138. The van der Waals surface area contributed by atoms with Crippen LogP contribution in [0.4, 0.5) is 9.18 Å². The van der Waals surface area contributed by atoms with Crippen LogP contribution in [-0.2, 0) is 13.1 Å². The number of rotatable bonds is 6. The van der Waals surface area contributed by atoms with Crippen LogP contribution in [0.3, 0.4) is 0 Å².